The van der Waals surface area contributed by atoms with Gasteiger partial charge in [-0.1, -0.05) is 17.8 Å². The van der Waals surface area contributed by atoms with Crippen LogP contribution in [0, 0.1) is 10.1 Å². The minimum absolute atomic E-state index is 0.0908. The van der Waals surface area contributed by atoms with E-state index in [1.807, 2.05) is 0 Å². The number of hydrogen-bond acceptors (Lipinski definition) is 7. The van der Waals surface area contributed by atoms with Crippen molar-refractivity contribution in [1.82, 2.24) is 0 Å². The highest BCUT2D eigenvalue weighted by Gasteiger charge is 2.22. The zero-order valence-electron chi connectivity index (χ0n) is 10.7. The lowest BCUT2D eigenvalue weighted by Crippen LogP contribution is -2.19. The van der Waals surface area contributed by atoms with Gasteiger partial charge in [0.15, 0.2) is 10.9 Å². The average molecular weight is 301 g/mol. The molecule has 0 aliphatic carbocycles. The maximum atomic E-state index is 10.7. The molecule has 0 radical (unpaired) electrons. The summed E-state index contributed by atoms with van der Waals surface area (Å²) in [6.45, 7) is 1.40. The first-order valence-electron chi connectivity index (χ1n) is 5.79. The van der Waals surface area contributed by atoms with Gasteiger partial charge in [-0.25, -0.2) is 0 Å². The molecular weight excluding hydrogens is 286 g/mol. The Bertz CT molecular complexity index is 507. The van der Waals surface area contributed by atoms with E-state index in [0.29, 0.717) is 5.75 Å². The second-order valence-electron chi connectivity index (χ2n) is 4.15. The quantitative estimate of drug-likeness (QED) is 0.536. The standard InChI is InChI=1S/C12H15NO6S/c1-7(14)20-5-4-11(16)12(17)8-2-3-10(15)9(6-8)13(18)19/h2-3,6,11-12,15-17H,4-5H2,1H3. The van der Waals surface area contributed by atoms with Gasteiger partial charge in [0.25, 0.3) is 0 Å². The smallest absolute Gasteiger partial charge is 0.311 e. The molecule has 0 fully saturated rings. The van der Waals surface area contributed by atoms with Crippen LogP contribution in [0.5, 0.6) is 5.75 Å². The zero-order chi connectivity index (χ0) is 15.3. The second-order valence-corrected chi connectivity index (χ2v) is 5.42. The number of hydrogen-bond donors (Lipinski definition) is 3. The summed E-state index contributed by atoms with van der Waals surface area (Å²) in [5.41, 5.74) is -0.401. The fourth-order valence-electron chi connectivity index (χ4n) is 1.57. The van der Waals surface area contributed by atoms with Crippen molar-refractivity contribution in [3.63, 3.8) is 0 Å². The largest absolute Gasteiger partial charge is 0.502 e. The van der Waals surface area contributed by atoms with Crippen LogP contribution in [0.1, 0.15) is 25.0 Å². The molecule has 1 aromatic rings. The van der Waals surface area contributed by atoms with Gasteiger partial charge >= 0.3 is 5.69 Å². The van der Waals surface area contributed by atoms with Gasteiger partial charge in [0.2, 0.25) is 0 Å². The molecule has 0 aliphatic rings. The molecule has 110 valence electrons. The summed E-state index contributed by atoms with van der Waals surface area (Å²) in [6, 6.07) is 3.41. The van der Waals surface area contributed by atoms with E-state index in [1.54, 1.807) is 0 Å². The van der Waals surface area contributed by atoms with Crippen molar-refractivity contribution in [2.75, 3.05) is 5.75 Å². The Balaban J connectivity index is 2.76. The summed E-state index contributed by atoms with van der Waals surface area (Å²) in [5.74, 6) is -0.166. The van der Waals surface area contributed by atoms with E-state index >= 15 is 0 Å². The lowest BCUT2D eigenvalue weighted by molar-refractivity contribution is -0.386. The monoisotopic (exact) mass is 301 g/mol. The zero-order valence-corrected chi connectivity index (χ0v) is 11.5. The van der Waals surface area contributed by atoms with Crippen LogP contribution in [-0.4, -0.2) is 37.2 Å². The number of aromatic hydroxyl groups is 1. The van der Waals surface area contributed by atoms with Crippen LogP contribution in [0.25, 0.3) is 0 Å². The lowest BCUT2D eigenvalue weighted by atomic mass is 10.0. The first kappa shape index (κ1) is 16.4. The fourth-order valence-corrected chi connectivity index (χ4v) is 2.22. The third kappa shape index (κ3) is 4.48. The van der Waals surface area contributed by atoms with Gasteiger partial charge in [-0.15, -0.1) is 0 Å². The average Bonchev–Trinajstić information content (AvgIpc) is 2.37. The van der Waals surface area contributed by atoms with Crippen molar-refractivity contribution in [1.29, 1.82) is 0 Å². The number of benzene rings is 1. The molecule has 0 bridgehead atoms. The second kappa shape index (κ2) is 7.22. The van der Waals surface area contributed by atoms with E-state index in [0.717, 1.165) is 23.9 Å². The highest BCUT2D eigenvalue weighted by molar-refractivity contribution is 8.13. The van der Waals surface area contributed by atoms with Gasteiger partial charge in [0.1, 0.15) is 6.10 Å². The normalized spacial score (nSPS) is 13.8. The number of aliphatic hydroxyl groups is 2. The molecule has 2 atom stereocenters. The summed E-state index contributed by atoms with van der Waals surface area (Å²) in [7, 11) is 0. The summed E-state index contributed by atoms with van der Waals surface area (Å²) in [5, 5.41) is 39.6. The van der Waals surface area contributed by atoms with Crippen LogP contribution in [0.3, 0.4) is 0 Å². The van der Waals surface area contributed by atoms with Crippen LogP contribution < -0.4 is 0 Å². The number of thioether (sulfide) groups is 1. The summed E-state index contributed by atoms with van der Waals surface area (Å²) < 4.78 is 0. The maximum absolute atomic E-state index is 10.7. The number of carbonyl (C=O) groups is 1. The highest BCUT2D eigenvalue weighted by atomic mass is 32.2. The van der Waals surface area contributed by atoms with Crippen LogP contribution >= 0.6 is 11.8 Å². The Morgan fingerprint density at radius 3 is 2.65 bits per heavy atom. The molecule has 3 N–H and O–H groups in total. The summed E-state index contributed by atoms with van der Waals surface area (Å²) in [4.78, 5) is 20.6. The molecule has 0 heterocycles. The number of nitro benzene ring substituents is 1. The molecule has 0 aliphatic heterocycles. The molecule has 8 heteroatoms. The summed E-state index contributed by atoms with van der Waals surface area (Å²) >= 11 is 1.02. The van der Waals surface area contributed by atoms with Crippen LogP contribution in [0.4, 0.5) is 5.69 Å². The van der Waals surface area contributed by atoms with Gasteiger partial charge in [-0.2, -0.15) is 0 Å². The van der Waals surface area contributed by atoms with E-state index in [9.17, 15) is 30.2 Å². The van der Waals surface area contributed by atoms with Crippen molar-refractivity contribution < 1.29 is 25.0 Å². The molecule has 7 nitrogen and oxygen atoms in total. The third-order valence-electron chi connectivity index (χ3n) is 2.62. The number of phenolic OH excluding ortho intramolecular Hbond substituents is 1. The van der Waals surface area contributed by atoms with Gasteiger partial charge in [-0.05, 0) is 18.1 Å². The van der Waals surface area contributed by atoms with Crippen molar-refractivity contribution >= 4 is 22.6 Å². The van der Waals surface area contributed by atoms with Gasteiger partial charge in [0, 0.05) is 18.7 Å². The first-order valence-corrected chi connectivity index (χ1v) is 6.78. The van der Waals surface area contributed by atoms with Crippen LogP contribution in [0.15, 0.2) is 18.2 Å². The lowest BCUT2D eigenvalue weighted by Gasteiger charge is -2.17. The molecule has 0 saturated carbocycles. The minimum atomic E-state index is -1.32. The number of carbonyl (C=O) groups excluding carboxylic acids is 1. The Kier molecular flexibility index (Phi) is 5.93. The number of rotatable bonds is 6. The number of phenols is 1. The Morgan fingerprint density at radius 1 is 1.45 bits per heavy atom. The van der Waals surface area contributed by atoms with E-state index in [4.69, 9.17) is 0 Å². The van der Waals surface area contributed by atoms with E-state index < -0.39 is 28.6 Å². The van der Waals surface area contributed by atoms with Gasteiger partial charge < -0.3 is 15.3 Å². The van der Waals surface area contributed by atoms with Crippen LogP contribution in [-0.2, 0) is 4.79 Å². The van der Waals surface area contributed by atoms with Crippen molar-refractivity contribution in [2.24, 2.45) is 0 Å². The Labute approximate surface area is 119 Å². The maximum Gasteiger partial charge on any atom is 0.311 e. The molecule has 1 rings (SSSR count). The molecular formula is C12H15NO6S. The molecule has 1 aromatic carbocycles. The van der Waals surface area contributed by atoms with E-state index in [1.165, 1.54) is 13.0 Å². The first-order chi connectivity index (χ1) is 9.32. The van der Waals surface area contributed by atoms with E-state index in [-0.39, 0.29) is 17.1 Å². The molecule has 0 spiro atoms. The van der Waals surface area contributed by atoms with Crippen LogP contribution in [0.2, 0.25) is 0 Å². The third-order valence-corrected chi connectivity index (χ3v) is 3.47. The Morgan fingerprint density at radius 2 is 2.10 bits per heavy atom. The molecule has 0 aromatic heterocycles. The molecule has 0 amide bonds. The molecule has 2 unspecified atom stereocenters. The summed E-state index contributed by atoms with van der Waals surface area (Å²) in [6.07, 6.45) is -2.30. The van der Waals surface area contributed by atoms with E-state index in [2.05, 4.69) is 0 Å². The van der Waals surface area contributed by atoms with Crippen molar-refractivity contribution in [3.05, 3.63) is 33.9 Å². The highest BCUT2D eigenvalue weighted by Crippen LogP contribution is 2.30. The topological polar surface area (TPSA) is 121 Å². The van der Waals surface area contributed by atoms with Crippen molar-refractivity contribution in [2.45, 2.75) is 25.6 Å². The minimum Gasteiger partial charge on any atom is -0.502 e. The van der Waals surface area contributed by atoms with Gasteiger partial charge in [-0.3, -0.25) is 14.9 Å². The predicted molar refractivity (Wildman–Crippen MR) is 73.5 cm³/mol. The molecule has 20 heavy (non-hydrogen) atoms. The number of nitrogens with zero attached hydrogens (tertiary/aromatic N) is 1. The predicted octanol–water partition coefficient (Wildman–Crippen LogP) is 1.36. The van der Waals surface area contributed by atoms with Crippen molar-refractivity contribution in [3.8, 4) is 5.75 Å². The SMILES string of the molecule is CC(=O)SCCC(O)C(O)c1ccc(O)c([N+](=O)[O-])c1. The Hall–Kier alpha value is -1.64. The van der Waals surface area contributed by atoms with Gasteiger partial charge in [0.05, 0.1) is 11.0 Å². The number of nitro groups is 1. The molecule has 0 saturated heterocycles. The fraction of sp³-hybridized carbons (Fsp3) is 0.417. The number of aliphatic hydroxyl groups excluding tert-OH is 2.